The molecule has 2 atom stereocenters. The van der Waals surface area contributed by atoms with Crippen molar-refractivity contribution in [3.05, 3.63) is 29.1 Å². The molecule has 182 valence electrons. The Morgan fingerprint density at radius 2 is 1.70 bits per heavy atom. The molecule has 12 heteroatoms. The number of ether oxygens (including phenoxy) is 2. The van der Waals surface area contributed by atoms with Gasteiger partial charge >= 0.3 is 0 Å². The molecule has 2 aliphatic heterocycles. The van der Waals surface area contributed by atoms with Crippen LogP contribution in [0.3, 0.4) is 0 Å². The molecule has 0 bridgehead atoms. The molecule has 33 heavy (non-hydrogen) atoms. The summed E-state index contributed by atoms with van der Waals surface area (Å²) in [5.74, 6) is 1.23. The number of piperazine rings is 1. The fraction of sp³-hybridized carbons (Fsp3) is 0.619. The van der Waals surface area contributed by atoms with E-state index < -0.39 is 10.2 Å². The Hall–Kier alpha value is -1.83. The summed E-state index contributed by atoms with van der Waals surface area (Å²) in [6.07, 6.45) is -0.216. The van der Waals surface area contributed by atoms with Crippen LogP contribution in [0.1, 0.15) is 20.8 Å². The summed E-state index contributed by atoms with van der Waals surface area (Å²) < 4.78 is 47.8. The molecule has 2 aliphatic rings. The highest BCUT2D eigenvalue weighted by Crippen LogP contribution is 2.22. The van der Waals surface area contributed by atoms with Crippen molar-refractivity contribution in [2.75, 3.05) is 45.9 Å². The first-order valence-corrected chi connectivity index (χ1v) is 13.0. The molecule has 10 nitrogen and oxygen atoms in total. The lowest BCUT2D eigenvalue weighted by Crippen LogP contribution is -2.57. The number of morpholine rings is 1. The molecule has 2 fully saturated rings. The van der Waals surface area contributed by atoms with Crippen molar-refractivity contribution in [2.45, 2.75) is 39.6 Å². The largest absolute Gasteiger partial charge is 0.494 e. The van der Waals surface area contributed by atoms with Crippen molar-refractivity contribution in [2.24, 2.45) is 0 Å². The lowest BCUT2D eigenvalue weighted by molar-refractivity contribution is -0.0458. The minimum Gasteiger partial charge on any atom is -0.494 e. The van der Waals surface area contributed by atoms with E-state index in [9.17, 15) is 8.42 Å². The fourth-order valence-electron chi connectivity index (χ4n) is 4.15. The predicted octanol–water partition coefficient (Wildman–Crippen LogP) is 2.20. The number of nitrogens with zero attached hydrogens (tertiary/aromatic N) is 5. The van der Waals surface area contributed by atoms with Crippen LogP contribution in [0, 0.1) is 4.84 Å². The minimum atomic E-state index is -3.51. The van der Waals surface area contributed by atoms with Gasteiger partial charge in [-0.2, -0.15) is 17.0 Å². The normalized spacial score (nSPS) is 23.6. The second-order valence-corrected chi connectivity index (χ2v) is 10.6. The van der Waals surface area contributed by atoms with E-state index >= 15 is 0 Å². The number of hydrogen-bond donors (Lipinski definition) is 0. The van der Waals surface area contributed by atoms with Crippen LogP contribution in [0.25, 0.3) is 11.5 Å². The van der Waals surface area contributed by atoms with Gasteiger partial charge in [-0.3, -0.25) is 4.90 Å². The number of hydrogen-bond acceptors (Lipinski definition) is 8. The summed E-state index contributed by atoms with van der Waals surface area (Å²) >= 11 is 5.36. The van der Waals surface area contributed by atoms with Gasteiger partial charge in [0.05, 0.1) is 25.5 Å². The van der Waals surface area contributed by atoms with Crippen molar-refractivity contribution in [1.29, 1.82) is 0 Å². The molecule has 2 aromatic rings. The highest BCUT2D eigenvalue weighted by Gasteiger charge is 2.36. The second-order valence-electron chi connectivity index (χ2n) is 8.37. The average molecular weight is 498 g/mol. The van der Waals surface area contributed by atoms with E-state index in [-0.39, 0.29) is 17.0 Å². The summed E-state index contributed by atoms with van der Waals surface area (Å²) in [5.41, 5.74) is 0.813. The van der Waals surface area contributed by atoms with Gasteiger partial charge in [0.2, 0.25) is 5.89 Å². The fourth-order valence-corrected chi connectivity index (χ4v) is 6.07. The zero-order valence-corrected chi connectivity index (χ0v) is 20.8. The van der Waals surface area contributed by atoms with Crippen LogP contribution in [0.15, 0.2) is 28.7 Å². The Balaban J connectivity index is 1.36. The first kappa shape index (κ1) is 24.3. The maximum Gasteiger partial charge on any atom is 0.288 e. The third-order valence-electron chi connectivity index (χ3n) is 5.72. The van der Waals surface area contributed by atoms with Gasteiger partial charge in [0.25, 0.3) is 15.0 Å². The first-order valence-electron chi connectivity index (χ1n) is 11.2. The van der Waals surface area contributed by atoms with Gasteiger partial charge in [-0.25, -0.2) is 4.68 Å². The summed E-state index contributed by atoms with van der Waals surface area (Å²) in [6, 6.07) is 7.50. The number of benzene rings is 1. The van der Waals surface area contributed by atoms with E-state index in [1.54, 1.807) is 13.3 Å². The third-order valence-corrected chi connectivity index (χ3v) is 7.98. The average Bonchev–Trinajstić information content (AvgIpc) is 3.14. The molecule has 2 saturated heterocycles. The molecule has 0 N–H and O–H groups in total. The van der Waals surface area contributed by atoms with Crippen molar-refractivity contribution < 1.29 is 22.3 Å². The standard InChI is InChI=1S/C21H31N5O5S2/c1-4-29-19-7-5-18(6-8-19)20-22-26(21(32)31-20)15-23-9-11-24(12-10-23)33(27,28)25-13-16(2)30-17(3)14-25/h5-8,16-17H,4,9-15H2,1-3H3. The minimum absolute atomic E-state index is 0.108. The summed E-state index contributed by atoms with van der Waals surface area (Å²) in [5, 5.41) is 4.52. The zero-order chi connectivity index (χ0) is 23.6. The highest BCUT2D eigenvalue weighted by atomic mass is 32.2. The van der Waals surface area contributed by atoms with Crippen molar-refractivity contribution >= 4 is 22.4 Å². The molecular formula is C21H31N5O5S2. The van der Waals surface area contributed by atoms with Crippen LogP contribution in [0.5, 0.6) is 5.75 Å². The molecule has 0 amide bonds. The smallest absolute Gasteiger partial charge is 0.288 e. The molecule has 0 radical (unpaired) electrons. The molecule has 0 aliphatic carbocycles. The predicted molar refractivity (Wildman–Crippen MR) is 126 cm³/mol. The van der Waals surface area contributed by atoms with E-state index in [2.05, 4.69) is 10.00 Å². The first-order chi connectivity index (χ1) is 15.8. The van der Waals surface area contributed by atoms with Gasteiger partial charge in [-0.05, 0) is 57.3 Å². The van der Waals surface area contributed by atoms with E-state index in [1.165, 1.54) is 0 Å². The third kappa shape index (κ3) is 5.64. The highest BCUT2D eigenvalue weighted by molar-refractivity contribution is 7.86. The molecule has 3 heterocycles. The summed E-state index contributed by atoms with van der Waals surface area (Å²) in [7, 11) is -3.51. The molecular weight excluding hydrogens is 466 g/mol. The number of aromatic nitrogens is 2. The molecule has 2 unspecified atom stereocenters. The Morgan fingerprint density at radius 1 is 1.06 bits per heavy atom. The van der Waals surface area contributed by atoms with Crippen LogP contribution < -0.4 is 4.74 Å². The van der Waals surface area contributed by atoms with Gasteiger partial charge in [0, 0.05) is 44.8 Å². The maximum absolute atomic E-state index is 13.1. The Morgan fingerprint density at radius 3 is 2.30 bits per heavy atom. The molecule has 1 aromatic carbocycles. The van der Waals surface area contributed by atoms with Gasteiger partial charge in [-0.1, -0.05) is 0 Å². The summed E-state index contributed by atoms with van der Waals surface area (Å²) in [6.45, 7) is 9.56. The van der Waals surface area contributed by atoms with Crippen molar-refractivity contribution in [3.8, 4) is 17.2 Å². The Bertz CT molecular complexity index is 1080. The van der Waals surface area contributed by atoms with Crippen LogP contribution in [-0.4, -0.2) is 89.8 Å². The Kier molecular flexibility index (Phi) is 7.51. The van der Waals surface area contributed by atoms with Crippen LogP contribution in [0.4, 0.5) is 0 Å². The molecule has 1 aromatic heterocycles. The van der Waals surface area contributed by atoms with E-state index in [4.69, 9.17) is 26.1 Å². The number of rotatable bonds is 7. The topological polar surface area (TPSA) is 93.3 Å². The van der Waals surface area contributed by atoms with E-state index in [0.717, 1.165) is 11.3 Å². The molecule has 0 saturated carbocycles. The van der Waals surface area contributed by atoms with E-state index in [1.807, 2.05) is 45.0 Å². The van der Waals surface area contributed by atoms with Gasteiger partial charge in [-0.15, -0.1) is 5.10 Å². The maximum atomic E-state index is 13.1. The monoisotopic (exact) mass is 497 g/mol. The van der Waals surface area contributed by atoms with Gasteiger partial charge in [0.1, 0.15) is 5.75 Å². The molecule has 0 spiro atoms. The van der Waals surface area contributed by atoms with Crippen LogP contribution in [-0.2, 0) is 21.6 Å². The van der Waals surface area contributed by atoms with E-state index in [0.29, 0.717) is 58.4 Å². The Labute approximate surface area is 199 Å². The van der Waals surface area contributed by atoms with Crippen LogP contribution in [0.2, 0.25) is 0 Å². The summed E-state index contributed by atoms with van der Waals surface area (Å²) in [4.78, 5) is 2.40. The zero-order valence-electron chi connectivity index (χ0n) is 19.2. The SMILES string of the molecule is CCOc1ccc(-c2nn(CN3CCN(S(=O)(=O)N4CC(C)OC(C)C4)CC3)c(=S)o2)cc1. The second kappa shape index (κ2) is 10.2. The van der Waals surface area contributed by atoms with Crippen molar-refractivity contribution in [1.82, 2.24) is 23.3 Å². The quantitative estimate of drug-likeness (QED) is 0.538. The lowest BCUT2D eigenvalue weighted by Gasteiger charge is -2.40. The van der Waals surface area contributed by atoms with Crippen molar-refractivity contribution in [3.63, 3.8) is 0 Å². The molecule has 4 rings (SSSR count). The van der Waals surface area contributed by atoms with Crippen LogP contribution >= 0.6 is 12.2 Å². The van der Waals surface area contributed by atoms with Gasteiger partial charge in [0.15, 0.2) is 0 Å². The lowest BCUT2D eigenvalue weighted by atomic mass is 10.2. The van der Waals surface area contributed by atoms with Gasteiger partial charge < -0.3 is 13.9 Å².